The van der Waals surface area contributed by atoms with Crippen molar-refractivity contribution >= 4 is 0 Å². The van der Waals surface area contributed by atoms with Crippen molar-refractivity contribution in [3.8, 4) is 0 Å². The van der Waals surface area contributed by atoms with Crippen LogP contribution in [0.1, 0.15) is 26.3 Å². The Kier molecular flexibility index (Phi) is 4.05. The largest absolute Gasteiger partial charge is 0.384 e. The zero-order valence-corrected chi connectivity index (χ0v) is 10.4. The number of benzene rings is 1. The van der Waals surface area contributed by atoms with Crippen molar-refractivity contribution in [3.05, 3.63) is 35.6 Å². The zero-order chi connectivity index (χ0) is 14.1. The summed E-state index contributed by atoms with van der Waals surface area (Å²) in [7, 11) is 0. The average Bonchev–Trinajstić information content (AvgIpc) is 2.26. The molecule has 0 radical (unpaired) electrons. The van der Waals surface area contributed by atoms with Gasteiger partial charge >= 0.3 is 0 Å². The van der Waals surface area contributed by atoms with Crippen molar-refractivity contribution in [1.29, 1.82) is 0 Å². The molecule has 1 N–H and O–H groups in total. The van der Waals surface area contributed by atoms with Gasteiger partial charge in [0.1, 0.15) is 18.1 Å². The van der Waals surface area contributed by atoms with E-state index in [-0.39, 0.29) is 5.56 Å². The molecular weight excluding hydrogens is 248 g/mol. The second-order valence-corrected chi connectivity index (χ2v) is 5.00. The van der Waals surface area contributed by atoms with Crippen LogP contribution in [0.5, 0.6) is 0 Å². The van der Waals surface area contributed by atoms with Crippen molar-refractivity contribution in [2.45, 2.75) is 44.4 Å². The molecule has 0 saturated carbocycles. The molecule has 1 aromatic carbocycles. The lowest BCUT2D eigenvalue weighted by Crippen LogP contribution is -2.47. The first kappa shape index (κ1) is 15.0. The minimum atomic E-state index is -3.58. The summed E-state index contributed by atoms with van der Waals surface area (Å²) in [5, 5.41) is 9.29. The molecule has 0 fully saturated rings. The number of hydrogen-bond acceptors (Lipinski definition) is 1. The standard InChI is InChI=1S/C13H16F4O/c1-12(2,8-6-4-5-7-9(8)14)10(15)11(18)13(3,16)17/h4-7,10-11,18H,1-3H3/t10-,11?/m0/s1. The molecule has 0 aliphatic heterocycles. The van der Waals surface area contributed by atoms with Crippen molar-refractivity contribution in [1.82, 2.24) is 0 Å². The fourth-order valence-electron chi connectivity index (χ4n) is 1.78. The molecule has 0 spiro atoms. The highest BCUT2D eigenvalue weighted by Gasteiger charge is 2.47. The third-order valence-corrected chi connectivity index (χ3v) is 3.05. The van der Waals surface area contributed by atoms with Crippen LogP contribution in [-0.4, -0.2) is 23.3 Å². The number of hydrogen-bond donors (Lipinski definition) is 1. The summed E-state index contributed by atoms with van der Waals surface area (Å²) < 4.78 is 53.5. The predicted molar refractivity (Wildman–Crippen MR) is 60.9 cm³/mol. The van der Waals surface area contributed by atoms with Crippen LogP contribution in [0, 0.1) is 5.82 Å². The Bertz CT molecular complexity index is 412. The van der Waals surface area contributed by atoms with Crippen molar-refractivity contribution in [2.24, 2.45) is 0 Å². The molecule has 1 nitrogen and oxygen atoms in total. The van der Waals surface area contributed by atoms with E-state index in [1.807, 2.05) is 0 Å². The summed E-state index contributed by atoms with van der Waals surface area (Å²) in [6.45, 7) is 3.00. The van der Waals surface area contributed by atoms with Crippen molar-refractivity contribution in [2.75, 3.05) is 0 Å². The van der Waals surface area contributed by atoms with Crippen molar-refractivity contribution in [3.63, 3.8) is 0 Å². The third kappa shape index (κ3) is 2.83. The Hall–Kier alpha value is -1.10. The number of alkyl halides is 3. The summed E-state index contributed by atoms with van der Waals surface area (Å²) in [5.41, 5.74) is -1.59. The zero-order valence-electron chi connectivity index (χ0n) is 10.4. The Morgan fingerprint density at radius 1 is 1.11 bits per heavy atom. The monoisotopic (exact) mass is 264 g/mol. The lowest BCUT2D eigenvalue weighted by Gasteiger charge is -2.34. The van der Waals surface area contributed by atoms with Crippen LogP contribution in [0.4, 0.5) is 17.6 Å². The summed E-state index contributed by atoms with van der Waals surface area (Å²) in [6, 6.07) is 5.36. The molecule has 1 rings (SSSR count). The minimum absolute atomic E-state index is 0.0409. The van der Waals surface area contributed by atoms with Gasteiger partial charge in [0, 0.05) is 12.3 Å². The van der Waals surface area contributed by atoms with Crippen LogP contribution in [0.3, 0.4) is 0 Å². The second kappa shape index (κ2) is 4.88. The van der Waals surface area contributed by atoms with E-state index in [1.165, 1.54) is 32.0 Å². The lowest BCUT2D eigenvalue weighted by molar-refractivity contribution is -0.135. The number of aliphatic hydroxyl groups excluding tert-OH is 1. The van der Waals surface area contributed by atoms with Gasteiger partial charge in [0.15, 0.2) is 0 Å². The maximum Gasteiger partial charge on any atom is 0.273 e. The summed E-state index contributed by atoms with van der Waals surface area (Å²) in [4.78, 5) is 0. The lowest BCUT2D eigenvalue weighted by atomic mass is 9.77. The van der Waals surface area contributed by atoms with E-state index < -0.39 is 29.4 Å². The predicted octanol–water partition coefficient (Wildman–Crippen LogP) is 3.46. The van der Waals surface area contributed by atoms with Crippen LogP contribution in [0.15, 0.2) is 24.3 Å². The maximum absolute atomic E-state index is 14.0. The molecule has 0 saturated heterocycles. The first-order valence-electron chi connectivity index (χ1n) is 5.53. The molecule has 5 heteroatoms. The Balaban J connectivity index is 3.11. The molecule has 18 heavy (non-hydrogen) atoms. The van der Waals surface area contributed by atoms with Gasteiger partial charge in [0.25, 0.3) is 5.92 Å². The van der Waals surface area contributed by atoms with Gasteiger partial charge in [-0.25, -0.2) is 17.6 Å². The molecule has 0 bridgehead atoms. The van der Waals surface area contributed by atoms with E-state index in [0.717, 1.165) is 6.07 Å². The summed E-state index contributed by atoms with van der Waals surface area (Å²) in [6.07, 6.45) is -4.76. The first-order chi connectivity index (χ1) is 8.08. The van der Waals surface area contributed by atoms with Gasteiger partial charge in [0.05, 0.1) is 0 Å². The smallest absolute Gasteiger partial charge is 0.273 e. The topological polar surface area (TPSA) is 20.2 Å². The highest BCUT2D eigenvalue weighted by atomic mass is 19.3. The molecule has 102 valence electrons. The molecular formula is C13H16F4O. The highest BCUT2D eigenvalue weighted by molar-refractivity contribution is 5.27. The molecule has 0 heterocycles. The van der Waals surface area contributed by atoms with Crippen LogP contribution in [0.2, 0.25) is 0 Å². The Labute approximate surface area is 103 Å². The van der Waals surface area contributed by atoms with Gasteiger partial charge in [-0.1, -0.05) is 32.0 Å². The number of aliphatic hydroxyl groups is 1. The minimum Gasteiger partial charge on any atom is -0.384 e. The molecule has 0 amide bonds. The fraction of sp³-hybridized carbons (Fsp3) is 0.538. The van der Waals surface area contributed by atoms with Gasteiger partial charge in [0.2, 0.25) is 0 Å². The number of rotatable bonds is 4. The molecule has 0 aliphatic rings. The van der Waals surface area contributed by atoms with E-state index in [0.29, 0.717) is 6.92 Å². The second-order valence-electron chi connectivity index (χ2n) is 5.00. The van der Waals surface area contributed by atoms with Gasteiger partial charge in [-0.2, -0.15) is 0 Å². The highest BCUT2D eigenvalue weighted by Crippen LogP contribution is 2.36. The maximum atomic E-state index is 14.0. The molecule has 1 aromatic rings. The summed E-state index contributed by atoms with van der Waals surface area (Å²) >= 11 is 0. The fourth-order valence-corrected chi connectivity index (χ4v) is 1.78. The molecule has 0 aromatic heterocycles. The normalized spacial score (nSPS) is 16.4. The van der Waals surface area contributed by atoms with E-state index in [1.54, 1.807) is 0 Å². The first-order valence-corrected chi connectivity index (χ1v) is 5.53. The van der Waals surface area contributed by atoms with E-state index >= 15 is 0 Å². The van der Waals surface area contributed by atoms with Crippen LogP contribution < -0.4 is 0 Å². The van der Waals surface area contributed by atoms with E-state index in [9.17, 15) is 22.7 Å². The SMILES string of the molecule is CC(F)(F)C(O)[C@H](F)C(C)(C)c1ccccc1F. The van der Waals surface area contributed by atoms with Crippen molar-refractivity contribution < 1.29 is 22.7 Å². The number of halogens is 4. The molecule has 1 unspecified atom stereocenters. The van der Waals surface area contributed by atoms with Crippen LogP contribution in [-0.2, 0) is 5.41 Å². The Morgan fingerprint density at radius 3 is 2.06 bits per heavy atom. The van der Waals surface area contributed by atoms with E-state index in [4.69, 9.17) is 0 Å². The average molecular weight is 264 g/mol. The molecule has 0 aliphatic carbocycles. The Morgan fingerprint density at radius 2 is 1.61 bits per heavy atom. The van der Waals surface area contributed by atoms with Gasteiger partial charge < -0.3 is 5.11 Å². The van der Waals surface area contributed by atoms with Crippen LogP contribution >= 0.6 is 0 Å². The third-order valence-electron chi connectivity index (χ3n) is 3.05. The molecule has 2 atom stereocenters. The van der Waals surface area contributed by atoms with E-state index in [2.05, 4.69) is 0 Å². The summed E-state index contributed by atoms with van der Waals surface area (Å²) in [5.74, 6) is -4.26. The van der Waals surface area contributed by atoms with Gasteiger partial charge in [-0.3, -0.25) is 0 Å². The van der Waals surface area contributed by atoms with Gasteiger partial charge in [-0.05, 0) is 11.6 Å². The van der Waals surface area contributed by atoms with Crippen LogP contribution in [0.25, 0.3) is 0 Å². The van der Waals surface area contributed by atoms with Gasteiger partial charge in [-0.15, -0.1) is 0 Å². The quantitative estimate of drug-likeness (QED) is 0.826.